The van der Waals surface area contributed by atoms with Gasteiger partial charge in [-0.05, 0) is 37.3 Å². The van der Waals surface area contributed by atoms with Gasteiger partial charge in [-0.15, -0.1) is 0 Å². The Bertz CT molecular complexity index is 644. The molecule has 1 aromatic heterocycles. The fraction of sp³-hybridized carbons (Fsp3) is 0.722. The van der Waals surface area contributed by atoms with Crippen LogP contribution in [0.15, 0.2) is 24.4 Å². The van der Waals surface area contributed by atoms with Crippen molar-refractivity contribution in [1.82, 2.24) is 18.5 Å². The highest BCUT2D eigenvalue weighted by atomic mass is 32.2. The van der Waals surface area contributed by atoms with Crippen molar-refractivity contribution in [2.75, 3.05) is 40.3 Å². The molecule has 7 heteroatoms. The van der Waals surface area contributed by atoms with E-state index in [1.54, 1.807) is 18.4 Å². The molecule has 0 spiro atoms. The molecule has 0 radical (unpaired) electrons. The third kappa shape index (κ3) is 4.58. The summed E-state index contributed by atoms with van der Waals surface area (Å²) in [5.74, 6) is 0.271. The highest BCUT2D eigenvalue weighted by Gasteiger charge is 2.34. The zero-order chi connectivity index (χ0) is 17.9. The summed E-state index contributed by atoms with van der Waals surface area (Å²) < 4.78 is 28.4. The van der Waals surface area contributed by atoms with Crippen LogP contribution < -0.4 is 0 Å². The number of rotatable bonds is 5. The Kier molecular flexibility index (Phi) is 6.09. The van der Waals surface area contributed by atoms with E-state index in [9.17, 15) is 8.42 Å². The van der Waals surface area contributed by atoms with Crippen molar-refractivity contribution in [2.45, 2.75) is 38.1 Å². The molecule has 3 rings (SSSR count). The van der Waals surface area contributed by atoms with Crippen LogP contribution in [0.3, 0.4) is 0 Å². The number of nitrogens with zero attached hydrogens (tertiary/aromatic N) is 4. The molecule has 1 atom stereocenters. The van der Waals surface area contributed by atoms with Crippen molar-refractivity contribution in [3.63, 3.8) is 0 Å². The molecule has 140 valence electrons. The third-order valence-electron chi connectivity index (χ3n) is 5.44. The van der Waals surface area contributed by atoms with Gasteiger partial charge in [0, 0.05) is 58.2 Å². The van der Waals surface area contributed by atoms with E-state index in [0.29, 0.717) is 19.1 Å². The molecule has 1 saturated heterocycles. The minimum Gasteiger partial charge on any atom is -0.299 e. The smallest absolute Gasteiger partial charge is 0.281 e. The molecule has 25 heavy (non-hydrogen) atoms. The van der Waals surface area contributed by atoms with E-state index in [4.69, 9.17) is 0 Å². The van der Waals surface area contributed by atoms with Crippen LogP contribution in [0.25, 0.3) is 0 Å². The molecule has 1 aliphatic carbocycles. The summed E-state index contributed by atoms with van der Waals surface area (Å²) in [5, 5.41) is 0. The minimum atomic E-state index is -3.38. The second-order valence-corrected chi connectivity index (χ2v) is 9.61. The van der Waals surface area contributed by atoms with Crippen molar-refractivity contribution in [3.05, 3.63) is 30.1 Å². The van der Waals surface area contributed by atoms with Crippen LogP contribution in [0.2, 0.25) is 0 Å². The maximum absolute atomic E-state index is 12.7. The number of pyridine rings is 1. The Hall–Kier alpha value is -1.02. The quantitative estimate of drug-likeness (QED) is 0.794. The van der Waals surface area contributed by atoms with Crippen molar-refractivity contribution in [3.8, 4) is 0 Å². The lowest BCUT2D eigenvalue weighted by Crippen LogP contribution is -2.43. The van der Waals surface area contributed by atoms with Gasteiger partial charge in [0.1, 0.15) is 0 Å². The van der Waals surface area contributed by atoms with Gasteiger partial charge >= 0.3 is 0 Å². The minimum absolute atomic E-state index is 0.271. The van der Waals surface area contributed by atoms with E-state index >= 15 is 0 Å². The predicted molar refractivity (Wildman–Crippen MR) is 99.4 cm³/mol. The molecule has 0 bridgehead atoms. The molecule has 2 fully saturated rings. The average Bonchev–Trinajstić information content (AvgIpc) is 3.04. The summed E-state index contributed by atoms with van der Waals surface area (Å²) in [7, 11) is -0.148. The molecule has 0 aromatic carbocycles. The maximum atomic E-state index is 12.7. The van der Waals surface area contributed by atoms with E-state index in [0.717, 1.165) is 25.2 Å². The summed E-state index contributed by atoms with van der Waals surface area (Å²) in [5.41, 5.74) is 1.04. The van der Waals surface area contributed by atoms with Crippen molar-refractivity contribution < 1.29 is 8.42 Å². The molecular weight excluding hydrogens is 336 g/mol. The van der Waals surface area contributed by atoms with Crippen molar-refractivity contribution in [2.24, 2.45) is 5.92 Å². The molecule has 0 amide bonds. The Labute approximate surface area is 152 Å². The maximum Gasteiger partial charge on any atom is 0.281 e. The predicted octanol–water partition coefficient (Wildman–Crippen LogP) is 1.61. The Morgan fingerprint density at radius 3 is 2.56 bits per heavy atom. The van der Waals surface area contributed by atoms with E-state index in [-0.39, 0.29) is 5.92 Å². The fourth-order valence-electron chi connectivity index (χ4n) is 4.09. The Morgan fingerprint density at radius 2 is 1.92 bits per heavy atom. The zero-order valence-corrected chi connectivity index (χ0v) is 16.2. The molecule has 1 aromatic rings. The molecule has 6 nitrogen and oxygen atoms in total. The molecule has 0 N–H and O–H groups in total. The molecule has 1 saturated carbocycles. The van der Waals surface area contributed by atoms with Crippen LogP contribution in [0, 0.1) is 5.92 Å². The lowest BCUT2D eigenvalue weighted by atomic mass is 10.0. The van der Waals surface area contributed by atoms with Gasteiger partial charge in [-0.3, -0.25) is 9.88 Å². The lowest BCUT2D eigenvalue weighted by molar-refractivity contribution is 0.187. The van der Waals surface area contributed by atoms with Gasteiger partial charge in [-0.1, -0.05) is 18.9 Å². The molecule has 2 aliphatic rings. The molecule has 0 unspecified atom stereocenters. The standard InChI is InChI=1S/C18H30N4O2S/c1-20(2)25(23,24)22-12-11-21(18-8-3-4-9-18)14-16(15-22)13-17-7-5-6-10-19-17/h5-7,10,16,18H,3-4,8-9,11-15H2,1-2H3/t16-/m0/s1. The zero-order valence-electron chi connectivity index (χ0n) is 15.3. The summed E-state index contributed by atoms with van der Waals surface area (Å²) >= 11 is 0. The van der Waals surface area contributed by atoms with Gasteiger partial charge in [-0.2, -0.15) is 17.0 Å². The van der Waals surface area contributed by atoms with Crippen LogP contribution in [-0.4, -0.2) is 73.2 Å². The summed E-state index contributed by atoms with van der Waals surface area (Å²) in [6.07, 6.45) is 7.73. The monoisotopic (exact) mass is 366 g/mol. The number of hydrogen-bond acceptors (Lipinski definition) is 4. The van der Waals surface area contributed by atoms with Gasteiger partial charge in [0.2, 0.25) is 0 Å². The summed E-state index contributed by atoms with van der Waals surface area (Å²) in [6, 6.07) is 6.58. The van der Waals surface area contributed by atoms with Crippen LogP contribution in [0.4, 0.5) is 0 Å². The van der Waals surface area contributed by atoms with E-state index in [1.807, 2.05) is 24.4 Å². The highest BCUT2D eigenvalue weighted by molar-refractivity contribution is 7.86. The van der Waals surface area contributed by atoms with Gasteiger partial charge in [0.05, 0.1) is 0 Å². The van der Waals surface area contributed by atoms with Crippen LogP contribution in [0.1, 0.15) is 31.4 Å². The molecule has 1 aliphatic heterocycles. The first kappa shape index (κ1) is 18.8. The second-order valence-electron chi connectivity index (χ2n) is 7.47. The summed E-state index contributed by atoms with van der Waals surface area (Å²) in [6.45, 7) is 2.94. The first-order chi connectivity index (χ1) is 12.0. The number of hydrogen-bond donors (Lipinski definition) is 0. The van der Waals surface area contributed by atoms with Crippen LogP contribution in [-0.2, 0) is 16.6 Å². The normalized spacial score (nSPS) is 24.7. The first-order valence-corrected chi connectivity index (χ1v) is 10.7. The first-order valence-electron chi connectivity index (χ1n) is 9.28. The molecule has 2 heterocycles. The van der Waals surface area contributed by atoms with E-state index < -0.39 is 10.2 Å². The second kappa shape index (κ2) is 8.12. The average molecular weight is 367 g/mol. The van der Waals surface area contributed by atoms with E-state index in [1.165, 1.54) is 30.0 Å². The Balaban J connectivity index is 1.78. The van der Waals surface area contributed by atoms with Crippen LogP contribution in [0.5, 0.6) is 0 Å². The number of aromatic nitrogens is 1. The highest BCUT2D eigenvalue weighted by Crippen LogP contribution is 2.27. The van der Waals surface area contributed by atoms with Gasteiger partial charge in [0.15, 0.2) is 0 Å². The summed E-state index contributed by atoms with van der Waals surface area (Å²) in [4.78, 5) is 6.98. The van der Waals surface area contributed by atoms with E-state index in [2.05, 4.69) is 9.88 Å². The van der Waals surface area contributed by atoms with Crippen LogP contribution >= 0.6 is 0 Å². The van der Waals surface area contributed by atoms with Gasteiger partial charge in [-0.25, -0.2) is 0 Å². The van der Waals surface area contributed by atoms with Gasteiger partial charge in [0.25, 0.3) is 10.2 Å². The van der Waals surface area contributed by atoms with Gasteiger partial charge < -0.3 is 0 Å². The third-order valence-corrected chi connectivity index (χ3v) is 7.35. The largest absolute Gasteiger partial charge is 0.299 e. The molecular formula is C18H30N4O2S. The van der Waals surface area contributed by atoms with Crippen molar-refractivity contribution in [1.29, 1.82) is 0 Å². The SMILES string of the molecule is CN(C)S(=O)(=O)N1CCN(C2CCCC2)C[C@H](Cc2ccccn2)C1. The Morgan fingerprint density at radius 1 is 1.16 bits per heavy atom. The fourth-order valence-corrected chi connectivity index (χ4v) is 5.26. The lowest BCUT2D eigenvalue weighted by Gasteiger charge is -2.29. The van der Waals surface area contributed by atoms with Crippen molar-refractivity contribution >= 4 is 10.2 Å². The topological polar surface area (TPSA) is 56.8 Å².